The number of halogens is 3. The summed E-state index contributed by atoms with van der Waals surface area (Å²) >= 11 is 0. The first-order valence-electron chi connectivity index (χ1n) is 7.42. The molecule has 0 bridgehead atoms. The highest BCUT2D eigenvalue weighted by Crippen LogP contribution is 2.29. The fourth-order valence-electron chi connectivity index (χ4n) is 2.27. The van der Waals surface area contributed by atoms with Gasteiger partial charge in [-0.2, -0.15) is 13.2 Å². The lowest BCUT2D eigenvalue weighted by molar-refractivity contribution is -0.137. The average molecular weight is 341 g/mol. The van der Waals surface area contributed by atoms with Crippen molar-refractivity contribution in [1.29, 1.82) is 0 Å². The summed E-state index contributed by atoms with van der Waals surface area (Å²) in [6.45, 7) is 2.45. The number of hydrogen-bond donors (Lipinski definition) is 3. The summed E-state index contributed by atoms with van der Waals surface area (Å²) in [5.74, 6) is -0.506. The van der Waals surface area contributed by atoms with Crippen molar-refractivity contribution < 1.29 is 23.1 Å². The smallest absolute Gasteiger partial charge is 0.416 e. The fourth-order valence-corrected chi connectivity index (χ4v) is 2.27. The van der Waals surface area contributed by atoms with E-state index in [0.29, 0.717) is 24.5 Å². The van der Waals surface area contributed by atoms with Gasteiger partial charge in [-0.15, -0.1) is 0 Å². The third kappa shape index (κ3) is 4.50. The summed E-state index contributed by atoms with van der Waals surface area (Å²) < 4.78 is 38.1. The lowest BCUT2D eigenvalue weighted by Crippen LogP contribution is -2.38. The molecule has 0 fully saturated rings. The van der Waals surface area contributed by atoms with E-state index in [1.807, 2.05) is 0 Å². The molecule has 0 aromatic heterocycles. The number of benzene rings is 1. The number of aliphatic hydroxyl groups is 1. The molecule has 1 aromatic carbocycles. The molecule has 5 nitrogen and oxygen atoms in total. The number of nitrogens with one attached hydrogen (secondary N) is 2. The van der Waals surface area contributed by atoms with Crippen molar-refractivity contribution >= 4 is 11.7 Å². The Hall–Kier alpha value is -2.51. The maximum atomic E-state index is 12.7. The molecule has 0 saturated heterocycles. The molecular formula is C16H18F3N3O2. The van der Waals surface area contributed by atoms with Crippen LogP contribution in [0.2, 0.25) is 0 Å². The van der Waals surface area contributed by atoms with Gasteiger partial charge in [-0.05, 0) is 31.0 Å². The number of carbonyl (C=O) groups excluding carboxylic acids is 1. The summed E-state index contributed by atoms with van der Waals surface area (Å²) in [5.41, 5.74) is -0.463. The van der Waals surface area contributed by atoms with Gasteiger partial charge in [-0.25, -0.2) is 0 Å². The molecule has 2 rings (SSSR count). The van der Waals surface area contributed by atoms with Gasteiger partial charge in [0.15, 0.2) is 0 Å². The van der Waals surface area contributed by atoms with E-state index in [4.69, 9.17) is 0 Å². The molecule has 0 unspecified atom stereocenters. The van der Waals surface area contributed by atoms with Crippen LogP contribution >= 0.6 is 0 Å². The second kappa shape index (κ2) is 7.37. The van der Waals surface area contributed by atoms with Gasteiger partial charge in [0, 0.05) is 19.6 Å². The first-order valence-corrected chi connectivity index (χ1v) is 7.42. The molecule has 1 aromatic rings. The van der Waals surface area contributed by atoms with Crippen LogP contribution in [0, 0.1) is 0 Å². The van der Waals surface area contributed by atoms with Crippen molar-refractivity contribution in [2.45, 2.75) is 26.1 Å². The van der Waals surface area contributed by atoms with Gasteiger partial charge in [0.25, 0.3) is 5.91 Å². The van der Waals surface area contributed by atoms with Gasteiger partial charge >= 0.3 is 6.18 Å². The van der Waals surface area contributed by atoms with Crippen molar-refractivity contribution in [3.63, 3.8) is 0 Å². The number of amides is 1. The number of aliphatic hydroxyl groups excluding tert-OH is 1. The predicted octanol–water partition coefficient (Wildman–Crippen LogP) is 2.55. The van der Waals surface area contributed by atoms with E-state index in [9.17, 15) is 23.1 Å². The van der Waals surface area contributed by atoms with Crippen molar-refractivity contribution in [3.05, 3.63) is 46.7 Å². The zero-order valence-corrected chi connectivity index (χ0v) is 13.1. The van der Waals surface area contributed by atoms with Gasteiger partial charge < -0.3 is 15.7 Å². The SMILES string of the molecule is C/C(O)=C(/C(=O)NCc1cccc(C(F)(F)F)c1)C1=NCCCN1. The van der Waals surface area contributed by atoms with E-state index in [0.717, 1.165) is 18.6 Å². The minimum atomic E-state index is -4.44. The van der Waals surface area contributed by atoms with Crippen molar-refractivity contribution in [2.24, 2.45) is 4.99 Å². The predicted molar refractivity (Wildman–Crippen MR) is 83.5 cm³/mol. The van der Waals surface area contributed by atoms with E-state index in [-0.39, 0.29) is 17.9 Å². The summed E-state index contributed by atoms with van der Waals surface area (Å²) in [7, 11) is 0. The Labute approximate surface area is 137 Å². The minimum absolute atomic E-state index is 0.00155. The molecule has 0 radical (unpaired) electrons. The van der Waals surface area contributed by atoms with E-state index in [1.165, 1.54) is 19.1 Å². The molecule has 130 valence electrons. The molecule has 1 aliphatic rings. The lowest BCUT2D eigenvalue weighted by Gasteiger charge is -2.17. The highest BCUT2D eigenvalue weighted by molar-refractivity contribution is 6.21. The normalized spacial score (nSPS) is 15.9. The zero-order chi connectivity index (χ0) is 17.7. The Kier molecular flexibility index (Phi) is 5.48. The van der Waals surface area contributed by atoms with E-state index in [1.54, 1.807) is 0 Å². The van der Waals surface area contributed by atoms with E-state index < -0.39 is 17.6 Å². The largest absolute Gasteiger partial charge is 0.512 e. The van der Waals surface area contributed by atoms with Crippen molar-refractivity contribution in [2.75, 3.05) is 13.1 Å². The molecule has 1 aliphatic heterocycles. The number of hydrogen-bond acceptors (Lipinski definition) is 4. The molecule has 3 N–H and O–H groups in total. The number of allylic oxidation sites excluding steroid dienone is 1. The fraction of sp³-hybridized carbons (Fsp3) is 0.375. The van der Waals surface area contributed by atoms with E-state index >= 15 is 0 Å². The Bertz CT molecular complexity index is 677. The topological polar surface area (TPSA) is 73.7 Å². The van der Waals surface area contributed by atoms with Crippen LogP contribution in [0.1, 0.15) is 24.5 Å². The molecule has 0 atom stereocenters. The average Bonchev–Trinajstić information content (AvgIpc) is 2.53. The maximum Gasteiger partial charge on any atom is 0.416 e. The van der Waals surface area contributed by atoms with Crippen LogP contribution in [0.25, 0.3) is 0 Å². The number of nitrogens with zero attached hydrogens (tertiary/aromatic N) is 1. The molecular weight excluding hydrogens is 323 g/mol. The number of alkyl halides is 3. The maximum absolute atomic E-state index is 12.7. The second-order valence-corrected chi connectivity index (χ2v) is 5.35. The van der Waals surface area contributed by atoms with Crippen LogP contribution in [0.15, 0.2) is 40.6 Å². The summed E-state index contributed by atoms with van der Waals surface area (Å²) in [6, 6.07) is 4.72. The quantitative estimate of drug-likeness (QED) is 0.582. The Morgan fingerprint density at radius 1 is 1.42 bits per heavy atom. The lowest BCUT2D eigenvalue weighted by atomic mass is 10.1. The van der Waals surface area contributed by atoms with Crippen molar-refractivity contribution in [3.8, 4) is 0 Å². The summed E-state index contributed by atoms with van der Waals surface area (Å²) in [4.78, 5) is 16.4. The van der Waals surface area contributed by atoms with Crippen LogP contribution in [0.3, 0.4) is 0 Å². The molecule has 0 aliphatic carbocycles. The van der Waals surface area contributed by atoms with Crippen LogP contribution < -0.4 is 10.6 Å². The van der Waals surface area contributed by atoms with Gasteiger partial charge in [-0.3, -0.25) is 9.79 Å². The van der Waals surface area contributed by atoms with Crippen LogP contribution in [-0.4, -0.2) is 29.9 Å². The Balaban J connectivity index is 2.09. The molecule has 1 heterocycles. The third-order valence-electron chi connectivity index (χ3n) is 3.43. The highest BCUT2D eigenvalue weighted by Gasteiger charge is 2.30. The zero-order valence-electron chi connectivity index (χ0n) is 13.1. The Morgan fingerprint density at radius 2 is 2.17 bits per heavy atom. The number of aliphatic imine (C=N–C) groups is 1. The minimum Gasteiger partial charge on any atom is -0.512 e. The summed E-state index contributed by atoms with van der Waals surface area (Å²) in [6.07, 6.45) is -3.61. The molecule has 24 heavy (non-hydrogen) atoms. The Morgan fingerprint density at radius 3 is 2.75 bits per heavy atom. The van der Waals surface area contributed by atoms with Crippen LogP contribution in [0.5, 0.6) is 0 Å². The number of rotatable bonds is 4. The second-order valence-electron chi connectivity index (χ2n) is 5.35. The van der Waals surface area contributed by atoms with Gasteiger partial charge in [0.05, 0.1) is 5.56 Å². The summed E-state index contributed by atoms with van der Waals surface area (Å²) in [5, 5.41) is 15.2. The first-order chi connectivity index (χ1) is 11.3. The molecule has 0 saturated carbocycles. The van der Waals surface area contributed by atoms with Gasteiger partial charge in [-0.1, -0.05) is 12.1 Å². The standard InChI is InChI=1S/C16H18F3N3O2/c1-10(23)13(14-20-6-3-7-21-14)15(24)22-9-11-4-2-5-12(8-11)16(17,18)19/h2,4-5,8,23H,3,6-7,9H2,1H3,(H,20,21)(H,22,24)/b13-10-. The highest BCUT2D eigenvalue weighted by atomic mass is 19.4. The first kappa shape index (κ1) is 17.8. The van der Waals surface area contributed by atoms with Crippen LogP contribution in [0.4, 0.5) is 13.2 Å². The van der Waals surface area contributed by atoms with E-state index in [2.05, 4.69) is 15.6 Å². The van der Waals surface area contributed by atoms with Crippen LogP contribution in [-0.2, 0) is 17.5 Å². The van der Waals surface area contributed by atoms with Gasteiger partial charge in [0.2, 0.25) is 0 Å². The number of carbonyl (C=O) groups is 1. The van der Waals surface area contributed by atoms with Gasteiger partial charge in [0.1, 0.15) is 17.2 Å². The number of amidine groups is 1. The molecule has 0 spiro atoms. The molecule has 1 amide bonds. The monoisotopic (exact) mass is 341 g/mol. The molecule has 8 heteroatoms. The third-order valence-corrected chi connectivity index (χ3v) is 3.43. The van der Waals surface area contributed by atoms with Crippen molar-refractivity contribution in [1.82, 2.24) is 10.6 Å².